The Labute approximate surface area is 140 Å². The summed E-state index contributed by atoms with van der Waals surface area (Å²) in [5, 5.41) is 4.01. The SMILES string of the molecule is CC(C)CCc1noc(CN(C)Cc2nc3ccc(F)cc3[nH]2)n1. The number of aromatic amines is 1. The minimum atomic E-state index is -0.272. The van der Waals surface area contributed by atoms with Crippen LogP contribution in [0.4, 0.5) is 4.39 Å². The van der Waals surface area contributed by atoms with Crippen molar-refractivity contribution in [3.8, 4) is 0 Å². The standard InChI is InChI=1S/C17H22FN5O/c1-11(2)4-7-15-21-17(24-22-15)10-23(3)9-16-19-13-6-5-12(18)8-14(13)20-16/h5-6,8,11H,4,7,9-10H2,1-3H3,(H,19,20). The van der Waals surface area contributed by atoms with Crippen LogP contribution in [0.25, 0.3) is 11.0 Å². The summed E-state index contributed by atoms with van der Waals surface area (Å²) in [6, 6.07) is 4.53. The number of halogens is 1. The van der Waals surface area contributed by atoms with E-state index in [9.17, 15) is 4.39 Å². The van der Waals surface area contributed by atoms with E-state index in [4.69, 9.17) is 4.52 Å². The lowest BCUT2D eigenvalue weighted by Crippen LogP contribution is -2.18. The summed E-state index contributed by atoms with van der Waals surface area (Å²) in [4.78, 5) is 14.0. The molecule has 0 spiro atoms. The van der Waals surface area contributed by atoms with Gasteiger partial charge in [-0.2, -0.15) is 4.98 Å². The average molecular weight is 331 g/mol. The predicted molar refractivity (Wildman–Crippen MR) is 88.7 cm³/mol. The summed E-state index contributed by atoms with van der Waals surface area (Å²) in [6.45, 7) is 5.47. The zero-order valence-electron chi connectivity index (χ0n) is 14.2. The van der Waals surface area contributed by atoms with Crippen LogP contribution in [-0.4, -0.2) is 32.1 Å². The number of fused-ring (bicyclic) bond motifs is 1. The first-order chi connectivity index (χ1) is 11.5. The lowest BCUT2D eigenvalue weighted by Gasteiger charge is -2.11. The van der Waals surface area contributed by atoms with Gasteiger partial charge < -0.3 is 9.51 Å². The number of benzene rings is 1. The fourth-order valence-corrected chi connectivity index (χ4v) is 2.53. The highest BCUT2D eigenvalue weighted by Crippen LogP contribution is 2.14. The van der Waals surface area contributed by atoms with Crippen molar-refractivity contribution in [3.63, 3.8) is 0 Å². The molecule has 0 bridgehead atoms. The number of hydrogen-bond acceptors (Lipinski definition) is 5. The van der Waals surface area contributed by atoms with Crippen LogP contribution in [-0.2, 0) is 19.5 Å². The van der Waals surface area contributed by atoms with Gasteiger partial charge >= 0.3 is 0 Å². The third-order valence-corrected chi connectivity index (χ3v) is 3.77. The molecule has 0 saturated carbocycles. The van der Waals surface area contributed by atoms with Crippen molar-refractivity contribution in [3.05, 3.63) is 41.6 Å². The molecule has 0 aliphatic rings. The van der Waals surface area contributed by atoms with Gasteiger partial charge in [0.05, 0.1) is 24.1 Å². The molecule has 6 nitrogen and oxygen atoms in total. The van der Waals surface area contributed by atoms with Crippen LogP contribution < -0.4 is 0 Å². The van der Waals surface area contributed by atoms with E-state index in [0.29, 0.717) is 30.4 Å². The van der Waals surface area contributed by atoms with Gasteiger partial charge in [0.15, 0.2) is 5.82 Å². The highest BCUT2D eigenvalue weighted by atomic mass is 19.1. The normalized spacial score (nSPS) is 11.9. The van der Waals surface area contributed by atoms with Crippen molar-refractivity contribution < 1.29 is 8.91 Å². The van der Waals surface area contributed by atoms with E-state index in [1.165, 1.54) is 12.1 Å². The molecule has 0 radical (unpaired) electrons. The highest BCUT2D eigenvalue weighted by Gasteiger charge is 2.12. The molecule has 0 saturated heterocycles. The molecule has 0 fully saturated rings. The minimum absolute atomic E-state index is 0.272. The Morgan fingerprint density at radius 3 is 2.88 bits per heavy atom. The molecule has 0 aliphatic heterocycles. The molecule has 24 heavy (non-hydrogen) atoms. The third-order valence-electron chi connectivity index (χ3n) is 3.77. The third kappa shape index (κ3) is 4.17. The zero-order chi connectivity index (χ0) is 17.1. The molecule has 0 unspecified atom stereocenters. The first kappa shape index (κ1) is 16.6. The van der Waals surface area contributed by atoms with Crippen molar-refractivity contribution in [1.29, 1.82) is 0 Å². The summed E-state index contributed by atoms with van der Waals surface area (Å²) in [7, 11) is 1.95. The molecule has 1 aromatic carbocycles. The summed E-state index contributed by atoms with van der Waals surface area (Å²) in [5.74, 6) is 2.47. The van der Waals surface area contributed by atoms with Crippen LogP contribution in [0, 0.1) is 11.7 Å². The first-order valence-electron chi connectivity index (χ1n) is 8.14. The van der Waals surface area contributed by atoms with Crippen LogP contribution in [0.3, 0.4) is 0 Å². The van der Waals surface area contributed by atoms with Crippen LogP contribution in [0.2, 0.25) is 0 Å². The molecule has 7 heteroatoms. The van der Waals surface area contributed by atoms with Gasteiger partial charge in [-0.15, -0.1) is 0 Å². The molecule has 2 heterocycles. The largest absolute Gasteiger partial charge is 0.341 e. The van der Waals surface area contributed by atoms with Gasteiger partial charge in [-0.3, -0.25) is 4.90 Å². The lowest BCUT2D eigenvalue weighted by molar-refractivity contribution is 0.256. The monoisotopic (exact) mass is 331 g/mol. The molecule has 128 valence electrons. The summed E-state index contributed by atoms with van der Waals surface area (Å²) >= 11 is 0. The molecule has 0 amide bonds. The molecule has 0 atom stereocenters. The maximum atomic E-state index is 13.2. The maximum Gasteiger partial charge on any atom is 0.240 e. The Morgan fingerprint density at radius 2 is 2.08 bits per heavy atom. The first-order valence-corrected chi connectivity index (χ1v) is 8.14. The van der Waals surface area contributed by atoms with E-state index >= 15 is 0 Å². The number of H-pyrrole nitrogens is 1. The predicted octanol–water partition coefficient (Wildman–Crippen LogP) is 3.31. The summed E-state index contributed by atoms with van der Waals surface area (Å²) in [6.07, 6.45) is 1.88. The molecular weight excluding hydrogens is 309 g/mol. The number of aryl methyl sites for hydroxylation is 1. The van der Waals surface area contributed by atoms with Crippen molar-refractivity contribution in [2.45, 2.75) is 39.8 Å². The fraction of sp³-hybridized carbons (Fsp3) is 0.471. The molecule has 1 N–H and O–H groups in total. The topological polar surface area (TPSA) is 70.8 Å². The average Bonchev–Trinajstić information content (AvgIpc) is 3.10. The van der Waals surface area contributed by atoms with Gasteiger partial charge in [0.1, 0.15) is 11.6 Å². The highest BCUT2D eigenvalue weighted by molar-refractivity contribution is 5.74. The van der Waals surface area contributed by atoms with Crippen molar-refractivity contribution in [2.24, 2.45) is 5.92 Å². The molecule has 0 aliphatic carbocycles. The number of imidazole rings is 1. The van der Waals surface area contributed by atoms with E-state index in [2.05, 4.69) is 34.0 Å². The number of nitrogens with one attached hydrogen (secondary N) is 1. The number of aromatic nitrogens is 4. The van der Waals surface area contributed by atoms with Gasteiger partial charge in [-0.05, 0) is 37.6 Å². The fourth-order valence-electron chi connectivity index (χ4n) is 2.53. The lowest BCUT2D eigenvalue weighted by atomic mass is 10.1. The molecule has 2 aromatic heterocycles. The van der Waals surface area contributed by atoms with Crippen molar-refractivity contribution in [2.75, 3.05) is 7.05 Å². The van der Waals surface area contributed by atoms with E-state index in [1.807, 2.05) is 11.9 Å². The summed E-state index contributed by atoms with van der Waals surface area (Å²) in [5.41, 5.74) is 1.46. The zero-order valence-corrected chi connectivity index (χ0v) is 14.2. The Bertz CT molecular complexity index is 810. The Kier molecular flexibility index (Phi) is 4.89. The second kappa shape index (κ2) is 7.09. The Balaban J connectivity index is 1.59. The van der Waals surface area contributed by atoms with Crippen LogP contribution in [0.5, 0.6) is 0 Å². The van der Waals surface area contributed by atoms with Crippen LogP contribution in [0.15, 0.2) is 22.7 Å². The van der Waals surface area contributed by atoms with Gasteiger partial charge in [0, 0.05) is 6.42 Å². The van der Waals surface area contributed by atoms with E-state index in [-0.39, 0.29) is 5.82 Å². The van der Waals surface area contributed by atoms with Crippen LogP contribution in [0.1, 0.15) is 37.8 Å². The van der Waals surface area contributed by atoms with E-state index < -0.39 is 0 Å². The Morgan fingerprint density at radius 1 is 1.25 bits per heavy atom. The quantitative estimate of drug-likeness (QED) is 0.719. The Hall–Kier alpha value is -2.28. The molecule has 3 rings (SSSR count). The number of rotatable bonds is 7. The summed E-state index contributed by atoms with van der Waals surface area (Å²) < 4.78 is 18.5. The minimum Gasteiger partial charge on any atom is -0.341 e. The molecule has 3 aromatic rings. The smallest absolute Gasteiger partial charge is 0.240 e. The maximum absolute atomic E-state index is 13.2. The van der Waals surface area contributed by atoms with Gasteiger partial charge in [0.2, 0.25) is 5.89 Å². The van der Waals surface area contributed by atoms with Gasteiger partial charge in [-0.1, -0.05) is 19.0 Å². The van der Waals surface area contributed by atoms with E-state index in [0.717, 1.165) is 30.0 Å². The number of hydrogen-bond donors (Lipinski definition) is 1. The second-order valence-corrected chi connectivity index (χ2v) is 6.55. The van der Waals surface area contributed by atoms with Gasteiger partial charge in [-0.25, -0.2) is 9.37 Å². The van der Waals surface area contributed by atoms with Crippen molar-refractivity contribution >= 4 is 11.0 Å². The second-order valence-electron chi connectivity index (χ2n) is 6.55. The number of nitrogens with zero attached hydrogens (tertiary/aromatic N) is 4. The van der Waals surface area contributed by atoms with Crippen molar-refractivity contribution in [1.82, 2.24) is 25.0 Å². The van der Waals surface area contributed by atoms with Gasteiger partial charge in [0.25, 0.3) is 0 Å². The van der Waals surface area contributed by atoms with Crippen LogP contribution >= 0.6 is 0 Å². The van der Waals surface area contributed by atoms with E-state index in [1.54, 1.807) is 6.07 Å². The molecular formula is C17H22FN5O.